The normalized spacial score (nSPS) is 14.1. The highest BCUT2D eigenvalue weighted by atomic mass is 32.1. The van der Waals surface area contributed by atoms with Gasteiger partial charge >= 0.3 is 19.5 Å². The third kappa shape index (κ3) is 6.56. The summed E-state index contributed by atoms with van der Waals surface area (Å²) in [6.07, 6.45) is -0.164. The molecule has 2 aromatic heterocycles. The maximum absolute atomic E-state index is 13.7. The number of thiazole rings is 1. The van der Waals surface area contributed by atoms with Crippen LogP contribution in [0.3, 0.4) is 0 Å². The first-order valence-corrected chi connectivity index (χ1v) is 12.5. The molecule has 0 bridgehead atoms. The zero-order valence-electron chi connectivity index (χ0n) is 18.3. The first-order chi connectivity index (χ1) is 14.6. The second-order valence-electron chi connectivity index (χ2n) is 7.10. The Bertz CT molecular complexity index is 957. The maximum atomic E-state index is 13.7. The van der Waals surface area contributed by atoms with Crippen LogP contribution in [0.15, 0.2) is 16.5 Å². The number of nitrogens with one attached hydrogen (secondary N) is 2. The van der Waals surface area contributed by atoms with Gasteiger partial charge in [-0.1, -0.05) is 13.8 Å². The summed E-state index contributed by atoms with van der Waals surface area (Å²) in [5.74, 6) is 0.110. The van der Waals surface area contributed by atoms with Crippen molar-refractivity contribution >= 4 is 41.5 Å². The summed E-state index contributed by atoms with van der Waals surface area (Å²) in [5, 5.41) is 5.32. The van der Waals surface area contributed by atoms with Gasteiger partial charge in [0.05, 0.1) is 13.2 Å². The summed E-state index contributed by atoms with van der Waals surface area (Å²) in [5.41, 5.74) is 6.38. The fraction of sp³-hybridized carbons (Fsp3) is 0.526. The molecule has 0 saturated carbocycles. The Balaban J connectivity index is 2.40. The number of ether oxygens (including phenoxy) is 2. The second-order valence-corrected chi connectivity index (χ2v) is 10.4. The van der Waals surface area contributed by atoms with Gasteiger partial charge in [0, 0.05) is 4.88 Å². The number of aromatic nitrogens is 1. The molecule has 0 aliphatic rings. The third-order valence-electron chi connectivity index (χ3n) is 3.98. The number of nitrogens with zero attached hydrogens (tertiary/aromatic N) is 1. The largest absolute Gasteiger partial charge is 0.465 e. The van der Waals surface area contributed by atoms with Crippen molar-refractivity contribution in [3.8, 4) is 11.5 Å². The summed E-state index contributed by atoms with van der Waals surface area (Å²) in [6, 6.07) is 2.08. The van der Waals surface area contributed by atoms with Crippen LogP contribution in [-0.2, 0) is 25.3 Å². The molecule has 0 fully saturated rings. The number of nitrogen functional groups attached to an aromatic ring is 1. The quantitative estimate of drug-likeness (QED) is 0.350. The molecule has 2 atom stereocenters. The highest BCUT2D eigenvalue weighted by Crippen LogP contribution is 2.39. The van der Waals surface area contributed by atoms with Gasteiger partial charge < -0.3 is 19.6 Å². The molecule has 0 spiro atoms. The predicted octanol–water partition coefficient (Wildman–Crippen LogP) is 3.29. The Labute approximate surface area is 185 Å². The van der Waals surface area contributed by atoms with Crippen molar-refractivity contribution in [2.24, 2.45) is 5.92 Å². The topological polar surface area (TPSA) is 146 Å². The highest BCUT2D eigenvalue weighted by molar-refractivity contribution is 7.68. The van der Waals surface area contributed by atoms with Crippen molar-refractivity contribution in [3.05, 3.63) is 17.0 Å². The van der Waals surface area contributed by atoms with Gasteiger partial charge in [0.2, 0.25) is 0 Å². The van der Waals surface area contributed by atoms with Crippen molar-refractivity contribution < 1.29 is 28.0 Å². The molecule has 2 rings (SSSR count). The number of esters is 1. The molecule has 172 valence electrons. The second kappa shape index (κ2) is 10.8. The molecular weight excluding hydrogens is 443 g/mol. The molecule has 10 nitrogen and oxygen atoms in total. The number of anilines is 1. The average molecular weight is 473 g/mol. The minimum absolute atomic E-state index is 0.0613. The number of furan rings is 1. The van der Waals surface area contributed by atoms with Crippen LogP contribution in [0.1, 0.15) is 39.5 Å². The lowest BCUT2D eigenvalue weighted by Crippen LogP contribution is -2.41. The summed E-state index contributed by atoms with van der Waals surface area (Å²) in [6.45, 7) is 9.15. The molecule has 0 aromatic carbocycles. The van der Waals surface area contributed by atoms with Crippen LogP contribution in [0.5, 0.6) is 0 Å². The van der Waals surface area contributed by atoms with Gasteiger partial charge in [-0.05, 0) is 45.2 Å². The Hall–Kier alpha value is -2.36. The van der Waals surface area contributed by atoms with Gasteiger partial charge in [0.1, 0.15) is 11.7 Å². The van der Waals surface area contributed by atoms with E-state index >= 15 is 0 Å². The first-order valence-electron chi connectivity index (χ1n) is 9.95. The summed E-state index contributed by atoms with van der Waals surface area (Å²) < 4.78 is 29.3. The minimum Gasteiger partial charge on any atom is -0.465 e. The number of hydrogen-bond acceptors (Lipinski definition) is 9. The third-order valence-corrected chi connectivity index (χ3v) is 7.00. The van der Waals surface area contributed by atoms with E-state index in [1.54, 1.807) is 19.9 Å². The molecule has 31 heavy (non-hydrogen) atoms. The molecule has 12 heteroatoms. The van der Waals surface area contributed by atoms with E-state index in [4.69, 9.17) is 19.6 Å². The van der Waals surface area contributed by atoms with Crippen molar-refractivity contribution in [1.82, 2.24) is 15.2 Å². The van der Waals surface area contributed by atoms with Gasteiger partial charge in [-0.3, -0.25) is 14.4 Å². The standard InChI is InChI=1S/C19H29N4O6PS/c1-6-27-17(24)12(5)22-30(26,23-19(25)28-7-2)15-9-8-13(29-15)16-14(10-11(3)4)31-18(20)21-16/h8-9,11-12H,6-7,10H2,1-5H3,(H2,20,21)(H2,22,23,25,26). The Morgan fingerprint density at radius 1 is 1.23 bits per heavy atom. The van der Waals surface area contributed by atoms with Crippen LogP contribution in [0, 0.1) is 5.92 Å². The molecular formula is C19H29N4O6PS. The molecule has 0 aliphatic heterocycles. The van der Waals surface area contributed by atoms with Crippen LogP contribution >= 0.6 is 18.8 Å². The van der Waals surface area contributed by atoms with Gasteiger partial charge in [-0.15, -0.1) is 11.3 Å². The molecule has 4 N–H and O–H groups in total. The summed E-state index contributed by atoms with van der Waals surface area (Å²) in [4.78, 5) is 29.4. The van der Waals surface area contributed by atoms with E-state index in [-0.39, 0.29) is 18.7 Å². The lowest BCUT2D eigenvalue weighted by atomic mass is 10.1. The number of nitrogens with two attached hydrogens (primary N) is 1. The molecule has 0 aliphatic carbocycles. The molecule has 1 amide bonds. The monoisotopic (exact) mass is 472 g/mol. The Morgan fingerprint density at radius 2 is 1.90 bits per heavy atom. The number of carbonyl (C=O) groups excluding carboxylic acids is 2. The van der Waals surface area contributed by atoms with Crippen molar-refractivity contribution in [3.63, 3.8) is 0 Å². The van der Waals surface area contributed by atoms with E-state index in [0.717, 1.165) is 11.3 Å². The SMILES string of the molecule is CCOC(=O)NP(=O)(NC(C)C(=O)OCC)c1ccc(-c2nc(N)sc2CC(C)C)o1. The van der Waals surface area contributed by atoms with Gasteiger partial charge in [0.15, 0.2) is 16.4 Å². The summed E-state index contributed by atoms with van der Waals surface area (Å²) >= 11 is 1.36. The van der Waals surface area contributed by atoms with Crippen molar-refractivity contribution in [2.45, 2.75) is 47.1 Å². The van der Waals surface area contributed by atoms with Crippen molar-refractivity contribution in [2.75, 3.05) is 18.9 Å². The van der Waals surface area contributed by atoms with Crippen LogP contribution < -0.4 is 21.4 Å². The van der Waals surface area contributed by atoms with Crippen LogP contribution in [0.2, 0.25) is 0 Å². The van der Waals surface area contributed by atoms with Crippen LogP contribution in [0.25, 0.3) is 11.5 Å². The van der Waals surface area contributed by atoms with Crippen LogP contribution in [-0.4, -0.2) is 36.3 Å². The summed E-state index contributed by atoms with van der Waals surface area (Å²) in [7, 11) is -3.92. The zero-order valence-corrected chi connectivity index (χ0v) is 20.0. The van der Waals surface area contributed by atoms with E-state index in [1.165, 1.54) is 24.3 Å². The number of hydrogen-bond donors (Lipinski definition) is 3. The minimum atomic E-state index is -3.92. The zero-order chi connectivity index (χ0) is 23.2. The molecule has 0 radical (unpaired) electrons. The Morgan fingerprint density at radius 3 is 2.52 bits per heavy atom. The lowest BCUT2D eigenvalue weighted by molar-refractivity contribution is -0.144. The predicted molar refractivity (Wildman–Crippen MR) is 119 cm³/mol. The molecule has 2 unspecified atom stereocenters. The Kier molecular flexibility index (Phi) is 8.67. The lowest BCUT2D eigenvalue weighted by Gasteiger charge is -2.21. The average Bonchev–Trinajstić information content (AvgIpc) is 3.28. The number of rotatable bonds is 10. The van der Waals surface area contributed by atoms with E-state index in [2.05, 4.69) is 29.0 Å². The highest BCUT2D eigenvalue weighted by Gasteiger charge is 2.35. The number of carbonyl (C=O) groups is 2. The van der Waals surface area contributed by atoms with Gasteiger partial charge in [-0.2, -0.15) is 0 Å². The van der Waals surface area contributed by atoms with E-state index < -0.39 is 25.5 Å². The van der Waals surface area contributed by atoms with Crippen LogP contribution in [0.4, 0.5) is 9.93 Å². The van der Waals surface area contributed by atoms with Gasteiger partial charge in [0.25, 0.3) is 0 Å². The fourth-order valence-electron chi connectivity index (χ4n) is 2.73. The smallest absolute Gasteiger partial charge is 0.413 e. The van der Waals surface area contributed by atoms with E-state index in [0.29, 0.717) is 22.5 Å². The molecule has 0 saturated heterocycles. The molecule has 2 heterocycles. The number of amides is 1. The van der Waals surface area contributed by atoms with E-state index in [1.807, 2.05) is 0 Å². The maximum Gasteiger partial charge on any atom is 0.413 e. The first kappa shape index (κ1) is 24.9. The van der Waals surface area contributed by atoms with E-state index in [9.17, 15) is 14.2 Å². The fourth-order valence-corrected chi connectivity index (χ4v) is 5.57. The van der Waals surface area contributed by atoms with Crippen molar-refractivity contribution in [1.29, 1.82) is 0 Å². The van der Waals surface area contributed by atoms with Gasteiger partial charge in [-0.25, -0.2) is 14.9 Å². The molecule has 2 aromatic rings.